The van der Waals surface area contributed by atoms with Gasteiger partial charge >= 0.3 is 0 Å². The summed E-state index contributed by atoms with van der Waals surface area (Å²) in [6.07, 6.45) is 0. The third kappa shape index (κ3) is 2.54. The van der Waals surface area contributed by atoms with Crippen LogP contribution in [0.1, 0.15) is 5.56 Å². The van der Waals surface area contributed by atoms with Crippen molar-refractivity contribution in [2.24, 2.45) is 0 Å². The Hall–Kier alpha value is -1.06. The maximum atomic E-state index is 3.54. The molecule has 1 unspecified atom stereocenters. The van der Waals surface area contributed by atoms with Crippen molar-refractivity contribution in [1.29, 1.82) is 0 Å². The quantitative estimate of drug-likeness (QED) is 0.794. The number of likely N-dealkylation sites (N-methyl/N-ethyl adjacent to an activating group) is 1. The first kappa shape index (κ1) is 11.4. The van der Waals surface area contributed by atoms with E-state index in [0.29, 0.717) is 6.04 Å². The molecule has 1 aromatic carbocycles. The maximum Gasteiger partial charge on any atom is 0.0396 e. The van der Waals surface area contributed by atoms with Gasteiger partial charge in [0.05, 0.1) is 0 Å². The van der Waals surface area contributed by atoms with Crippen molar-refractivity contribution >= 4 is 5.69 Å². The monoisotopic (exact) mass is 219 g/mol. The molecule has 1 aliphatic rings. The van der Waals surface area contributed by atoms with Crippen molar-refractivity contribution in [2.45, 2.75) is 13.0 Å². The number of hydrogen-bond acceptors (Lipinski definition) is 3. The molecule has 0 radical (unpaired) electrons. The van der Waals surface area contributed by atoms with Crippen molar-refractivity contribution in [3.05, 3.63) is 29.8 Å². The van der Waals surface area contributed by atoms with Crippen LogP contribution in [-0.2, 0) is 0 Å². The van der Waals surface area contributed by atoms with Crippen LogP contribution in [0.4, 0.5) is 5.69 Å². The molecule has 0 saturated carbocycles. The van der Waals surface area contributed by atoms with Crippen LogP contribution in [0.2, 0.25) is 0 Å². The van der Waals surface area contributed by atoms with Crippen LogP contribution in [0.15, 0.2) is 24.3 Å². The predicted octanol–water partition coefficient (Wildman–Crippen LogP) is 0.993. The van der Waals surface area contributed by atoms with E-state index in [4.69, 9.17) is 0 Å². The molecule has 3 nitrogen and oxygen atoms in total. The van der Waals surface area contributed by atoms with Crippen LogP contribution in [0.25, 0.3) is 0 Å². The zero-order valence-corrected chi connectivity index (χ0v) is 10.2. The maximum absolute atomic E-state index is 3.54. The number of rotatable bonds is 3. The highest BCUT2D eigenvalue weighted by molar-refractivity contribution is 5.53. The van der Waals surface area contributed by atoms with Gasteiger partial charge in [0.2, 0.25) is 0 Å². The summed E-state index contributed by atoms with van der Waals surface area (Å²) < 4.78 is 0. The highest BCUT2D eigenvalue weighted by atomic mass is 15.2. The number of para-hydroxylation sites is 1. The molecule has 3 heteroatoms. The number of aryl methyl sites for hydroxylation is 1. The van der Waals surface area contributed by atoms with Crippen molar-refractivity contribution in [3.63, 3.8) is 0 Å². The van der Waals surface area contributed by atoms with Gasteiger partial charge < -0.3 is 15.5 Å². The van der Waals surface area contributed by atoms with Crippen LogP contribution >= 0.6 is 0 Å². The van der Waals surface area contributed by atoms with Gasteiger partial charge in [-0.05, 0) is 25.6 Å². The lowest BCUT2D eigenvalue weighted by atomic mass is 10.1. The minimum absolute atomic E-state index is 0.554. The lowest BCUT2D eigenvalue weighted by molar-refractivity contribution is 0.443. The van der Waals surface area contributed by atoms with Crippen molar-refractivity contribution in [1.82, 2.24) is 10.6 Å². The molecule has 2 rings (SSSR count). The van der Waals surface area contributed by atoms with E-state index >= 15 is 0 Å². The average Bonchev–Trinajstić information content (AvgIpc) is 2.30. The van der Waals surface area contributed by atoms with Gasteiger partial charge in [-0.1, -0.05) is 18.2 Å². The van der Waals surface area contributed by atoms with E-state index in [0.717, 1.165) is 26.2 Å². The number of anilines is 1. The normalized spacial score (nSPS) is 21.1. The number of nitrogens with one attached hydrogen (secondary N) is 2. The summed E-state index contributed by atoms with van der Waals surface area (Å²) in [4.78, 5) is 2.48. The molecular formula is C13H21N3. The minimum Gasteiger partial charge on any atom is -0.368 e. The molecule has 1 aliphatic heterocycles. The molecule has 0 bridgehead atoms. The van der Waals surface area contributed by atoms with Gasteiger partial charge in [0.25, 0.3) is 0 Å². The number of nitrogens with zero attached hydrogens (tertiary/aromatic N) is 1. The van der Waals surface area contributed by atoms with Crippen molar-refractivity contribution in [3.8, 4) is 0 Å². The Balaban J connectivity index is 2.07. The van der Waals surface area contributed by atoms with E-state index in [2.05, 4.69) is 46.7 Å². The number of hydrogen-bond donors (Lipinski definition) is 2. The summed E-state index contributed by atoms with van der Waals surface area (Å²) in [7, 11) is 2.01. The van der Waals surface area contributed by atoms with Gasteiger partial charge in [-0.3, -0.25) is 0 Å². The molecule has 1 fully saturated rings. The van der Waals surface area contributed by atoms with Gasteiger partial charge in [0.1, 0.15) is 0 Å². The minimum atomic E-state index is 0.554. The first-order valence-corrected chi connectivity index (χ1v) is 6.00. The van der Waals surface area contributed by atoms with E-state index in [1.165, 1.54) is 11.3 Å². The van der Waals surface area contributed by atoms with E-state index in [1.54, 1.807) is 0 Å². The number of piperazine rings is 1. The fourth-order valence-corrected chi connectivity index (χ4v) is 2.35. The third-order valence-electron chi connectivity index (χ3n) is 3.16. The zero-order valence-electron chi connectivity index (χ0n) is 10.2. The van der Waals surface area contributed by atoms with Crippen LogP contribution in [-0.4, -0.2) is 39.3 Å². The molecule has 0 aliphatic carbocycles. The molecule has 16 heavy (non-hydrogen) atoms. The van der Waals surface area contributed by atoms with Gasteiger partial charge in [-0.15, -0.1) is 0 Å². The largest absolute Gasteiger partial charge is 0.368 e. The topological polar surface area (TPSA) is 27.3 Å². The Morgan fingerprint density at radius 1 is 1.44 bits per heavy atom. The summed E-state index contributed by atoms with van der Waals surface area (Å²) in [5.74, 6) is 0. The highest BCUT2D eigenvalue weighted by Gasteiger charge is 2.19. The lowest BCUT2D eigenvalue weighted by Gasteiger charge is -2.36. The van der Waals surface area contributed by atoms with Crippen LogP contribution in [0.5, 0.6) is 0 Å². The van der Waals surface area contributed by atoms with Crippen molar-refractivity contribution < 1.29 is 0 Å². The van der Waals surface area contributed by atoms with Gasteiger partial charge in [0.15, 0.2) is 0 Å². The summed E-state index contributed by atoms with van der Waals surface area (Å²) in [6, 6.07) is 9.18. The second kappa shape index (κ2) is 5.32. The van der Waals surface area contributed by atoms with Gasteiger partial charge in [-0.2, -0.15) is 0 Å². The fourth-order valence-electron chi connectivity index (χ4n) is 2.35. The SMILES string of the molecule is CNCC1CN(c2ccccc2C)CCN1. The van der Waals surface area contributed by atoms with Crippen molar-refractivity contribution in [2.75, 3.05) is 38.1 Å². The molecule has 1 atom stereocenters. The highest BCUT2D eigenvalue weighted by Crippen LogP contribution is 2.20. The summed E-state index contributed by atoms with van der Waals surface area (Å²) in [6.45, 7) is 6.48. The number of benzene rings is 1. The van der Waals surface area contributed by atoms with E-state index in [-0.39, 0.29) is 0 Å². The Morgan fingerprint density at radius 2 is 2.25 bits per heavy atom. The zero-order chi connectivity index (χ0) is 11.4. The second-order valence-electron chi connectivity index (χ2n) is 4.44. The molecule has 2 N–H and O–H groups in total. The Bertz CT molecular complexity index is 336. The third-order valence-corrected chi connectivity index (χ3v) is 3.16. The second-order valence-corrected chi connectivity index (χ2v) is 4.44. The Kier molecular flexibility index (Phi) is 3.80. The molecule has 0 aromatic heterocycles. The molecule has 88 valence electrons. The lowest BCUT2D eigenvalue weighted by Crippen LogP contribution is -2.54. The molecule has 1 heterocycles. The predicted molar refractivity (Wildman–Crippen MR) is 69.1 cm³/mol. The van der Waals surface area contributed by atoms with Gasteiger partial charge in [-0.25, -0.2) is 0 Å². The first-order chi connectivity index (χ1) is 7.81. The summed E-state index contributed by atoms with van der Waals surface area (Å²) in [5, 5.41) is 6.77. The van der Waals surface area contributed by atoms with E-state index in [1.807, 2.05) is 7.05 Å². The van der Waals surface area contributed by atoms with E-state index in [9.17, 15) is 0 Å². The Morgan fingerprint density at radius 3 is 3.00 bits per heavy atom. The Labute approximate surface area is 97.8 Å². The van der Waals surface area contributed by atoms with Gasteiger partial charge in [0, 0.05) is 37.9 Å². The molecule has 1 aromatic rings. The average molecular weight is 219 g/mol. The smallest absolute Gasteiger partial charge is 0.0396 e. The van der Waals surface area contributed by atoms with Crippen LogP contribution in [0.3, 0.4) is 0 Å². The molecule has 0 amide bonds. The summed E-state index contributed by atoms with van der Waals surface area (Å²) in [5.41, 5.74) is 2.75. The first-order valence-electron chi connectivity index (χ1n) is 6.00. The van der Waals surface area contributed by atoms with Crippen LogP contribution in [0, 0.1) is 6.92 Å². The summed E-state index contributed by atoms with van der Waals surface area (Å²) >= 11 is 0. The standard InChI is InChI=1S/C13H21N3/c1-11-5-3-4-6-13(11)16-8-7-15-12(10-16)9-14-2/h3-6,12,14-15H,7-10H2,1-2H3. The molecule has 0 spiro atoms. The fraction of sp³-hybridized carbons (Fsp3) is 0.538. The van der Waals surface area contributed by atoms with Crippen LogP contribution < -0.4 is 15.5 Å². The van der Waals surface area contributed by atoms with E-state index < -0.39 is 0 Å². The molecule has 1 saturated heterocycles. The molecular weight excluding hydrogens is 198 g/mol.